The summed E-state index contributed by atoms with van der Waals surface area (Å²) in [6.45, 7) is 4.38. The normalized spacial score (nSPS) is 11.6. The first-order valence-corrected chi connectivity index (χ1v) is 11.2. The molecule has 0 N–H and O–H groups in total. The van der Waals surface area contributed by atoms with Crippen molar-refractivity contribution in [2.24, 2.45) is 10.2 Å². The van der Waals surface area contributed by atoms with Crippen molar-refractivity contribution in [3.63, 3.8) is 0 Å². The van der Waals surface area contributed by atoms with Crippen LogP contribution in [0.1, 0.15) is 61.8 Å². The summed E-state index contributed by atoms with van der Waals surface area (Å²) in [6, 6.07) is 21.6. The van der Waals surface area contributed by atoms with Gasteiger partial charge in [-0.1, -0.05) is 87.4 Å². The largest absolute Gasteiger partial charge is 0.206 e. The molecule has 0 radical (unpaired) electrons. The lowest BCUT2D eigenvalue weighted by Crippen LogP contribution is -1.92. The van der Waals surface area contributed by atoms with Crippen LogP contribution < -0.4 is 0 Å². The Morgan fingerprint density at radius 3 is 2.23 bits per heavy atom. The number of hydrogen-bond acceptors (Lipinski definition) is 2. The fourth-order valence-corrected chi connectivity index (χ4v) is 3.53. The summed E-state index contributed by atoms with van der Waals surface area (Å²) < 4.78 is 14.7. The minimum absolute atomic E-state index is 0.251. The average Bonchev–Trinajstić information content (AvgIpc) is 2.80. The predicted molar refractivity (Wildman–Crippen MR) is 131 cm³/mol. The van der Waals surface area contributed by atoms with E-state index in [1.807, 2.05) is 36.4 Å². The van der Waals surface area contributed by atoms with Crippen molar-refractivity contribution in [1.82, 2.24) is 0 Å². The fraction of sp³-hybridized carbons (Fsp3) is 0.286. The molecule has 0 heterocycles. The van der Waals surface area contributed by atoms with Crippen LogP contribution >= 0.6 is 0 Å². The first kappa shape index (κ1) is 22.6. The Hall–Kier alpha value is -3.07. The summed E-state index contributed by atoms with van der Waals surface area (Å²) >= 11 is 0. The minimum atomic E-state index is -0.251. The monoisotopic (exact) mass is 414 g/mol. The molecule has 0 aromatic heterocycles. The van der Waals surface area contributed by atoms with Crippen molar-refractivity contribution in [3.05, 3.63) is 94.8 Å². The number of rotatable bonds is 10. The van der Waals surface area contributed by atoms with Crippen molar-refractivity contribution < 1.29 is 4.39 Å². The third-order valence-electron chi connectivity index (χ3n) is 5.40. The minimum Gasteiger partial charge on any atom is -0.206 e. The maximum atomic E-state index is 14.7. The molecule has 0 aliphatic heterocycles. The third-order valence-corrected chi connectivity index (χ3v) is 5.40. The molecule has 31 heavy (non-hydrogen) atoms. The van der Waals surface area contributed by atoms with Gasteiger partial charge in [-0.25, -0.2) is 4.39 Å². The summed E-state index contributed by atoms with van der Waals surface area (Å²) in [5, 5.41) is 8.29. The molecule has 3 aromatic rings. The molecule has 0 unspecified atom stereocenters. The van der Waals surface area contributed by atoms with Crippen LogP contribution in [0.4, 0.5) is 4.39 Å². The van der Waals surface area contributed by atoms with E-state index >= 15 is 0 Å². The summed E-state index contributed by atoms with van der Waals surface area (Å²) in [5.74, 6) is -0.251. The molecule has 160 valence electrons. The average molecular weight is 415 g/mol. The van der Waals surface area contributed by atoms with E-state index in [2.05, 4.69) is 48.3 Å². The second kappa shape index (κ2) is 11.9. The summed E-state index contributed by atoms with van der Waals surface area (Å²) in [5.41, 5.74) is 5.84. The maximum Gasteiger partial charge on any atom is 0.131 e. The lowest BCUT2D eigenvalue weighted by atomic mass is 10.0. The molecule has 3 aromatic carbocycles. The van der Waals surface area contributed by atoms with Crippen LogP contribution in [0.15, 0.2) is 76.9 Å². The van der Waals surface area contributed by atoms with Crippen LogP contribution in [-0.2, 0) is 12.8 Å². The number of halogens is 1. The molecule has 0 saturated carbocycles. The molecule has 0 fully saturated rings. The quantitative estimate of drug-likeness (QED) is 0.241. The highest BCUT2D eigenvalue weighted by atomic mass is 19.1. The molecule has 3 rings (SSSR count). The zero-order chi connectivity index (χ0) is 21.9. The number of aryl methyl sites for hydroxylation is 2. The fourth-order valence-electron chi connectivity index (χ4n) is 3.53. The molecule has 2 nitrogen and oxygen atoms in total. The summed E-state index contributed by atoms with van der Waals surface area (Å²) in [7, 11) is 0. The Labute approximate surface area is 185 Å². The van der Waals surface area contributed by atoms with Gasteiger partial charge in [-0.15, -0.1) is 0 Å². The maximum absolute atomic E-state index is 14.7. The molecule has 0 saturated heterocycles. The SMILES string of the molecule is CCCCc1ccc(-c2ccc(C=NN=Cc3ccccc3CCCC)cc2F)cc1. The Bertz CT molecular complexity index is 1020. The van der Waals surface area contributed by atoms with Crippen LogP contribution in [-0.4, -0.2) is 12.4 Å². The van der Waals surface area contributed by atoms with Gasteiger partial charge in [0.1, 0.15) is 5.82 Å². The van der Waals surface area contributed by atoms with Gasteiger partial charge in [-0.05, 0) is 59.6 Å². The van der Waals surface area contributed by atoms with Gasteiger partial charge >= 0.3 is 0 Å². The van der Waals surface area contributed by atoms with Crippen LogP contribution in [0.2, 0.25) is 0 Å². The van der Waals surface area contributed by atoms with Crippen molar-refractivity contribution in [2.75, 3.05) is 0 Å². The van der Waals surface area contributed by atoms with Crippen molar-refractivity contribution in [3.8, 4) is 11.1 Å². The smallest absolute Gasteiger partial charge is 0.131 e. The van der Waals surface area contributed by atoms with Gasteiger partial charge in [0.25, 0.3) is 0 Å². The van der Waals surface area contributed by atoms with Gasteiger partial charge in [0.15, 0.2) is 0 Å². The van der Waals surface area contributed by atoms with E-state index in [4.69, 9.17) is 0 Å². The molecule has 3 heteroatoms. The van der Waals surface area contributed by atoms with Crippen LogP contribution in [0.3, 0.4) is 0 Å². The zero-order valence-corrected chi connectivity index (χ0v) is 18.5. The van der Waals surface area contributed by atoms with Gasteiger partial charge in [0.2, 0.25) is 0 Å². The topological polar surface area (TPSA) is 24.7 Å². The highest BCUT2D eigenvalue weighted by Crippen LogP contribution is 2.24. The van der Waals surface area contributed by atoms with Gasteiger partial charge in [0, 0.05) is 5.56 Å². The molecule has 0 aliphatic carbocycles. The van der Waals surface area contributed by atoms with Crippen molar-refractivity contribution in [2.45, 2.75) is 52.4 Å². The van der Waals surface area contributed by atoms with E-state index in [0.29, 0.717) is 11.1 Å². The number of hydrogen-bond donors (Lipinski definition) is 0. The first-order chi connectivity index (χ1) is 15.2. The van der Waals surface area contributed by atoms with Crippen LogP contribution in [0, 0.1) is 5.82 Å². The van der Waals surface area contributed by atoms with Crippen LogP contribution in [0.5, 0.6) is 0 Å². The molecule has 0 amide bonds. The molecule has 0 spiro atoms. The van der Waals surface area contributed by atoms with Crippen LogP contribution in [0.25, 0.3) is 11.1 Å². The van der Waals surface area contributed by atoms with E-state index in [0.717, 1.165) is 36.8 Å². The van der Waals surface area contributed by atoms with Gasteiger partial charge in [-0.3, -0.25) is 0 Å². The third kappa shape index (κ3) is 6.71. The predicted octanol–water partition coefficient (Wildman–Crippen LogP) is 7.63. The highest BCUT2D eigenvalue weighted by molar-refractivity contribution is 5.84. The van der Waals surface area contributed by atoms with E-state index in [1.54, 1.807) is 12.4 Å². The number of nitrogens with zero attached hydrogens (tertiary/aromatic N) is 2. The highest BCUT2D eigenvalue weighted by Gasteiger charge is 2.06. The van der Waals surface area contributed by atoms with Crippen molar-refractivity contribution in [1.29, 1.82) is 0 Å². The lowest BCUT2D eigenvalue weighted by molar-refractivity contribution is 0.631. The van der Waals surface area contributed by atoms with E-state index < -0.39 is 0 Å². The van der Waals surface area contributed by atoms with Gasteiger partial charge in [0.05, 0.1) is 12.4 Å². The summed E-state index contributed by atoms with van der Waals surface area (Å²) in [6.07, 6.45) is 10.1. The second-order valence-electron chi connectivity index (χ2n) is 7.83. The molecular weight excluding hydrogens is 383 g/mol. The Morgan fingerprint density at radius 1 is 0.774 bits per heavy atom. The first-order valence-electron chi connectivity index (χ1n) is 11.2. The van der Waals surface area contributed by atoms with Gasteiger partial charge in [-0.2, -0.15) is 10.2 Å². The van der Waals surface area contributed by atoms with E-state index in [-0.39, 0.29) is 5.82 Å². The zero-order valence-electron chi connectivity index (χ0n) is 18.5. The van der Waals surface area contributed by atoms with E-state index in [9.17, 15) is 4.39 Å². The van der Waals surface area contributed by atoms with E-state index in [1.165, 1.54) is 30.0 Å². The molecular formula is C28H31FN2. The Balaban J connectivity index is 1.66. The Kier molecular flexibility index (Phi) is 8.71. The Morgan fingerprint density at radius 2 is 1.48 bits per heavy atom. The molecule has 0 atom stereocenters. The van der Waals surface area contributed by atoms with Crippen molar-refractivity contribution >= 4 is 12.4 Å². The standard InChI is InChI=1S/C28H31FN2/c1-3-5-9-22-13-16-25(17-14-22)27-18-15-23(19-28(27)29)20-30-31-21-26-12-8-7-11-24(26)10-6-4-2/h7-8,11-21H,3-6,9-10H2,1-2H3. The lowest BCUT2D eigenvalue weighted by Gasteiger charge is -2.06. The number of benzene rings is 3. The summed E-state index contributed by atoms with van der Waals surface area (Å²) in [4.78, 5) is 0. The molecule has 0 bridgehead atoms. The second-order valence-corrected chi connectivity index (χ2v) is 7.83. The van der Waals surface area contributed by atoms with Gasteiger partial charge < -0.3 is 0 Å². The molecule has 0 aliphatic rings. The number of unbranched alkanes of at least 4 members (excludes halogenated alkanes) is 2.